The van der Waals surface area contributed by atoms with E-state index in [4.69, 9.17) is 11.6 Å². The van der Waals surface area contributed by atoms with Crippen LogP contribution in [0.4, 0.5) is 0 Å². The lowest BCUT2D eigenvalue weighted by Crippen LogP contribution is -2.51. The summed E-state index contributed by atoms with van der Waals surface area (Å²) in [6, 6.07) is 1.92. The summed E-state index contributed by atoms with van der Waals surface area (Å²) in [4.78, 5) is 11.7. The molecular formula is C15H26ClNOSi. The quantitative estimate of drug-likeness (QED) is 0.414. The average Bonchev–Trinajstić information content (AvgIpc) is 2.77. The van der Waals surface area contributed by atoms with Crippen molar-refractivity contribution >= 4 is 25.6 Å². The van der Waals surface area contributed by atoms with Crippen molar-refractivity contribution in [3.8, 4) is 0 Å². The van der Waals surface area contributed by atoms with Crippen molar-refractivity contribution in [2.75, 3.05) is 5.88 Å². The van der Waals surface area contributed by atoms with Crippen LogP contribution in [0.25, 0.3) is 0 Å². The molecule has 1 heterocycles. The van der Waals surface area contributed by atoms with E-state index >= 15 is 0 Å². The summed E-state index contributed by atoms with van der Waals surface area (Å²) in [7, 11) is -1.72. The maximum atomic E-state index is 11.7. The van der Waals surface area contributed by atoms with Crippen LogP contribution in [0.2, 0.25) is 16.6 Å². The Hall–Kier alpha value is -0.543. The van der Waals surface area contributed by atoms with Crippen molar-refractivity contribution < 1.29 is 4.79 Å². The molecule has 0 aliphatic rings. The van der Waals surface area contributed by atoms with Crippen LogP contribution >= 0.6 is 11.6 Å². The molecule has 1 aromatic heterocycles. The molecule has 0 saturated heterocycles. The van der Waals surface area contributed by atoms with Gasteiger partial charge in [0.2, 0.25) is 0 Å². The highest BCUT2D eigenvalue weighted by molar-refractivity contribution is 6.82. The van der Waals surface area contributed by atoms with Crippen LogP contribution in [0.3, 0.4) is 0 Å². The Bertz CT molecular complexity index is 415. The molecule has 0 aliphatic heterocycles. The lowest BCUT2D eigenvalue weighted by Gasteiger charge is -2.44. The van der Waals surface area contributed by atoms with Gasteiger partial charge in [0, 0.05) is 11.8 Å². The van der Waals surface area contributed by atoms with Crippen molar-refractivity contribution in [3.63, 3.8) is 0 Å². The molecule has 2 nitrogen and oxygen atoms in total. The first kappa shape index (κ1) is 16.5. The Morgan fingerprint density at radius 1 is 1.16 bits per heavy atom. The average molecular weight is 300 g/mol. The lowest BCUT2D eigenvalue weighted by atomic mass is 10.2. The molecule has 0 fully saturated rings. The SMILES string of the molecule is CC(C)[Si](C(C)C)(C(C)C)n1ccc(C(=O)CCl)c1. The van der Waals surface area contributed by atoms with Crippen LogP contribution in [0.1, 0.15) is 51.9 Å². The van der Waals surface area contributed by atoms with E-state index < -0.39 is 8.24 Å². The zero-order valence-corrected chi connectivity index (χ0v) is 14.7. The normalized spacial score (nSPS) is 12.7. The Kier molecular flexibility index (Phi) is 5.45. The largest absolute Gasteiger partial charge is 0.379 e. The zero-order valence-electron chi connectivity index (χ0n) is 12.9. The number of rotatable bonds is 6. The zero-order chi connectivity index (χ0) is 14.8. The highest BCUT2D eigenvalue weighted by Crippen LogP contribution is 2.42. The first-order valence-corrected chi connectivity index (χ1v) is 9.77. The first-order chi connectivity index (χ1) is 8.78. The van der Waals surface area contributed by atoms with Gasteiger partial charge >= 0.3 is 0 Å². The fourth-order valence-corrected chi connectivity index (χ4v) is 10.4. The maximum absolute atomic E-state index is 11.7. The van der Waals surface area contributed by atoms with E-state index in [0.29, 0.717) is 16.6 Å². The molecule has 0 bridgehead atoms. The third-order valence-electron chi connectivity index (χ3n) is 4.36. The van der Waals surface area contributed by atoms with Crippen LogP contribution in [0.15, 0.2) is 18.5 Å². The van der Waals surface area contributed by atoms with E-state index in [0.717, 1.165) is 5.56 Å². The maximum Gasteiger partial charge on any atom is 0.179 e. The molecule has 0 spiro atoms. The Morgan fingerprint density at radius 3 is 2.00 bits per heavy atom. The molecule has 0 radical (unpaired) electrons. The molecule has 0 aromatic carbocycles. The van der Waals surface area contributed by atoms with Gasteiger partial charge in [0.1, 0.15) is 0 Å². The van der Waals surface area contributed by atoms with Crippen molar-refractivity contribution in [2.24, 2.45) is 0 Å². The number of hydrogen-bond acceptors (Lipinski definition) is 1. The van der Waals surface area contributed by atoms with E-state index in [9.17, 15) is 4.79 Å². The molecule has 0 unspecified atom stereocenters. The van der Waals surface area contributed by atoms with E-state index in [1.54, 1.807) is 0 Å². The molecule has 0 saturated carbocycles. The number of hydrogen-bond donors (Lipinski definition) is 0. The lowest BCUT2D eigenvalue weighted by molar-refractivity contribution is 0.102. The number of ketones is 1. The molecule has 19 heavy (non-hydrogen) atoms. The Balaban J connectivity index is 3.33. The van der Waals surface area contributed by atoms with Gasteiger partial charge in [-0.25, -0.2) is 0 Å². The molecular weight excluding hydrogens is 274 g/mol. The van der Waals surface area contributed by atoms with Crippen LogP contribution in [-0.4, -0.2) is 24.1 Å². The van der Waals surface area contributed by atoms with Crippen LogP contribution in [0, 0.1) is 0 Å². The monoisotopic (exact) mass is 299 g/mol. The van der Waals surface area contributed by atoms with Gasteiger partial charge in [0.05, 0.1) is 5.88 Å². The van der Waals surface area contributed by atoms with E-state index in [-0.39, 0.29) is 11.7 Å². The van der Waals surface area contributed by atoms with E-state index in [1.807, 2.05) is 12.3 Å². The summed E-state index contributed by atoms with van der Waals surface area (Å²) < 4.78 is 2.37. The molecule has 0 amide bonds. The summed E-state index contributed by atoms with van der Waals surface area (Å²) in [5, 5.41) is 0. The minimum atomic E-state index is -1.72. The molecule has 0 aliphatic carbocycles. The summed E-state index contributed by atoms with van der Waals surface area (Å²) >= 11 is 5.65. The van der Waals surface area contributed by atoms with Gasteiger partial charge in [-0.2, -0.15) is 0 Å². The van der Waals surface area contributed by atoms with Crippen LogP contribution in [-0.2, 0) is 0 Å². The molecule has 108 valence electrons. The number of alkyl halides is 1. The van der Waals surface area contributed by atoms with Gasteiger partial charge in [-0.1, -0.05) is 41.5 Å². The Morgan fingerprint density at radius 2 is 1.63 bits per heavy atom. The van der Waals surface area contributed by atoms with Gasteiger partial charge in [0.25, 0.3) is 0 Å². The highest BCUT2D eigenvalue weighted by atomic mass is 35.5. The summed E-state index contributed by atoms with van der Waals surface area (Å²) in [6.45, 7) is 13.9. The van der Waals surface area contributed by atoms with Gasteiger partial charge in [-0.3, -0.25) is 4.79 Å². The number of halogens is 1. The minimum absolute atomic E-state index is 0.0135. The molecule has 4 heteroatoms. The van der Waals surface area contributed by atoms with Gasteiger partial charge in [-0.15, -0.1) is 11.6 Å². The minimum Gasteiger partial charge on any atom is -0.379 e. The Labute approximate surface area is 123 Å². The highest BCUT2D eigenvalue weighted by Gasteiger charge is 2.45. The van der Waals surface area contributed by atoms with Gasteiger partial charge < -0.3 is 4.23 Å². The number of carbonyl (C=O) groups is 1. The van der Waals surface area contributed by atoms with Gasteiger partial charge in [-0.05, 0) is 28.9 Å². The fourth-order valence-electron chi connectivity index (χ4n) is 3.77. The van der Waals surface area contributed by atoms with Crippen LogP contribution < -0.4 is 0 Å². The standard InChI is InChI=1S/C15H26ClNOSi/c1-11(2)19(12(3)4,13(5)6)17-8-7-14(10-17)15(18)9-16/h7-8,10-13H,9H2,1-6H3. The first-order valence-electron chi connectivity index (χ1n) is 7.06. The van der Waals surface area contributed by atoms with Crippen molar-refractivity contribution in [3.05, 3.63) is 24.0 Å². The second-order valence-corrected chi connectivity index (χ2v) is 12.2. The molecule has 1 aromatic rings. The van der Waals surface area contributed by atoms with Crippen molar-refractivity contribution in [1.29, 1.82) is 0 Å². The summed E-state index contributed by atoms with van der Waals surface area (Å²) in [5.41, 5.74) is 2.62. The number of carbonyl (C=O) groups excluding carboxylic acids is 1. The number of nitrogens with zero attached hydrogens (tertiary/aromatic N) is 1. The summed E-state index contributed by atoms with van der Waals surface area (Å²) in [6.07, 6.45) is 4.11. The molecule has 1 rings (SSSR count). The fraction of sp³-hybridized carbons (Fsp3) is 0.667. The second kappa shape index (κ2) is 6.27. The topological polar surface area (TPSA) is 22.0 Å². The van der Waals surface area contributed by atoms with Crippen LogP contribution in [0.5, 0.6) is 0 Å². The second-order valence-electron chi connectivity index (χ2n) is 6.22. The van der Waals surface area contributed by atoms with E-state index in [1.165, 1.54) is 0 Å². The van der Waals surface area contributed by atoms with E-state index in [2.05, 4.69) is 52.0 Å². The number of Topliss-reactive ketones (excluding diaryl/α,β-unsaturated/α-hetero) is 1. The number of aromatic nitrogens is 1. The van der Waals surface area contributed by atoms with Crippen molar-refractivity contribution in [1.82, 2.24) is 4.23 Å². The van der Waals surface area contributed by atoms with Gasteiger partial charge in [0.15, 0.2) is 14.0 Å². The molecule has 0 N–H and O–H groups in total. The smallest absolute Gasteiger partial charge is 0.179 e. The summed E-state index contributed by atoms with van der Waals surface area (Å²) in [5.74, 6) is 0.0726. The third-order valence-corrected chi connectivity index (χ3v) is 11.3. The molecule has 0 atom stereocenters. The van der Waals surface area contributed by atoms with Crippen molar-refractivity contribution in [2.45, 2.75) is 58.2 Å². The predicted octanol–water partition coefficient (Wildman–Crippen LogP) is 4.93. The predicted molar refractivity (Wildman–Crippen MR) is 85.9 cm³/mol. The third kappa shape index (κ3) is 2.82.